The highest BCUT2D eigenvalue weighted by Gasteiger charge is 2.07. The lowest BCUT2D eigenvalue weighted by atomic mass is 10.2. The third-order valence-corrected chi connectivity index (χ3v) is 2.84. The van der Waals surface area contributed by atoms with E-state index >= 15 is 0 Å². The maximum Gasteiger partial charge on any atom is 0.180 e. The first-order valence-electron chi connectivity index (χ1n) is 5.83. The molecule has 3 rings (SSSR count). The largest absolute Gasteiger partial charge is 0.363 e. The molecule has 0 fully saturated rings. The fourth-order valence-electron chi connectivity index (χ4n) is 1.86. The molecule has 90 valence electrons. The van der Waals surface area contributed by atoms with Crippen LogP contribution in [0.25, 0.3) is 22.6 Å². The van der Waals surface area contributed by atoms with Crippen molar-refractivity contribution < 1.29 is 0 Å². The SMILES string of the molecule is CN(C)c1ccc2[nH]c(-c3ccccc3)nc2n1. The first kappa shape index (κ1) is 10.8. The number of hydrogen-bond acceptors (Lipinski definition) is 3. The summed E-state index contributed by atoms with van der Waals surface area (Å²) in [6.07, 6.45) is 0. The highest BCUT2D eigenvalue weighted by Crippen LogP contribution is 2.20. The van der Waals surface area contributed by atoms with Crippen LogP contribution in [0.15, 0.2) is 42.5 Å². The van der Waals surface area contributed by atoms with Gasteiger partial charge in [0.15, 0.2) is 5.65 Å². The molecular formula is C14H14N4. The second kappa shape index (κ2) is 4.14. The van der Waals surface area contributed by atoms with Gasteiger partial charge in [-0.1, -0.05) is 30.3 Å². The number of anilines is 1. The van der Waals surface area contributed by atoms with Gasteiger partial charge in [-0.15, -0.1) is 0 Å². The smallest absolute Gasteiger partial charge is 0.180 e. The van der Waals surface area contributed by atoms with Gasteiger partial charge in [0, 0.05) is 19.7 Å². The predicted octanol–water partition coefficient (Wildman–Crippen LogP) is 2.69. The molecule has 2 heterocycles. The van der Waals surface area contributed by atoms with Crippen LogP contribution in [-0.4, -0.2) is 29.0 Å². The van der Waals surface area contributed by atoms with Crippen LogP contribution in [-0.2, 0) is 0 Å². The number of H-pyrrole nitrogens is 1. The molecule has 0 saturated heterocycles. The fourth-order valence-corrected chi connectivity index (χ4v) is 1.86. The van der Waals surface area contributed by atoms with E-state index in [0.29, 0.717) is 0 Å². The third kappa shape index (κ3) is 1.82. The monoisotopic (exact) mass is 238 g/mol. The van der Waals surface area contributed by atoms with Crippen LogP contribution in [0.5, 0.6) is 0 Å². The average molecular weight is 238 g/mol. The number of pyridine rings is 1. The number of aromatic amines is 1. The molecule has 4 nitrogen and oxygen atoms in total. The number of nitrogens with one attached hydrogen (secondary N) is 1. The van der Waals surface area contributed by atoms with Gasteiger partial charge in [0.05, 0.1) is 5.52 Å². The van der Waals surface area contributed by atoms with Gasteiger partial charge in [-0.25, -0.2) is 9.97 Å². The van der Waals surface area contributed by atoms with Crippen molar-refractivity contribution in [2.75, 3.05) is 19.0 Å². The zero-order valence-electron chi connectivity index (χ0n) is 10.4. The Kier molecular flexibility index (Phi) is 2.48. The number of hydrogen-bond donors (Lipinski definition) is 1. The van der Waals surface area contributed by atoms with Crippen LogP contribution < -0.4 is 4.90 Å². The topological polar surface area (TPSA) is 44.8 Å². The fraction of sp³-hybridized carbons (Fsp3) is 0.143. The summed E-state index contributed by atoms with van der Waals surface area (Å²) in [6, 6.07) is 14.1. The summed E-state index contributed by atoms with van der Waals surface area (Å²) in [5.41, 5.74) is 2.78. The zero-order chi connectivity index (χ0) is 12.5. The van der Waals surface area contributed by atoms with Crippen molar-refractivity contribution in [1.29, 1.82) is 0 Å². The van der Waals surface area contributed by atoms with Crippen molar-refractivity contribution in [2.45, 2.75) is 0 Å². The standard InChI is InChI=1S/C14H14N4/c1-18(2)12-9-8-11-14(16-12)17-13(15-11)10-6-4-3-5-7-10/h3-9H,1-2H3,(H,15,16,17). The Morgan fingerprint density at radius 3 is 2.44 bits per heavy atom. The Morgan fingerprint density at radius 2 is 1.72 bits per heavy atom. The van der Waals surface area contributed by atoms with E-state index in [0.717, 1.165) is 28.4 Å². The van der Waals surface area contributed by atoms with Crippen molar-refractivity contribution in [3.8, 4) is 11.4 Å². The van der Waals surface area contributed by atoms with Gasteiger partial charge < -0.3 is 9.88 Å². The van der Waals surface area contributed by atoms with Crippen LogP contribution >= 0.6 is 0 Å². The number of fused-ring (bicyclic) bond motifs is 1. The van der Waals surface area contributed by atoms with Gasteiger partial charge in [-0.05, 0) is 12.1 Å². The van der Waals surface area contributed by atoms with E-state index in [-0.39, 0.29) is 0 Å². The van der Waals surface area contributed by atoms with E-state index in [1.165, 1.54) is 0 Å². The molecule has 0 aliphatic carbocycles. The summed E-state index contributed by atoms with van der Waals surface area (Å²) in [7, 11) is 3.94. The van der Waals surface area contributed by atoms with Crippen LogP contribution in [0.3, 0.4) is 0 Å². The van der Waals surface area contributed by atoms with Gasteiger partial charge in [0.1, 0.15) is 11.6 Å². The predicted molar refractivity (Wildman–Crippen MR) is 73.7 cm³/mol. The van der Waals surface area contributed by atoms with Gasteiger partial charge in [-0.3, -0.25) is 0 Å². The molecule has 0 atom stereocenters. The van der Waals surface area contributed by atoms with Crippen molar-refractivity contribution >= 4 is 17.0 Å². The molecule has 1 aromatic carbocycles. The molecule has 0 bridgehead atoms. The average Bonchev–Trinajstić information content (AvgIpc) is 2.82. The Morgan fingerprint density at radius 1 is 0.944 bits per heavy atom. The van der Waals surface area contributed by atoms with E-state index in [1.54, 1.807) is 0 Å². The first-order chi connectivity index (χ1) is 8.74. The molecule has 18 heavy (non-hydrogen) atoms. The van der Waals surface area contributed by atoms with E-state index in [4.69, 9.17) is 0 Å². The second-order valence-electron chi connectivity index (χ2n) is 4.39. The number of benzene rings is 1. The minimum atomic E-state index is 0.750. The minimum absolute atomic E-state index is 0.750. The van der Waals surface area contributed by atoms with Crippen LogP contribution in [0, 0.1) is 0 Å². The van der Waals surface area contributed by atoms with Gasteiger partial charge in [0.25, 0.3) is 0 Å². The van der Waals surface area contributed by atoms with Gasteiger partial charge in [-0.2, -0.15) is 0 Å². The van der Waals surface area contributed by atoms with Crippen molar-refractivity contribution in [1.82, 2.24) is 15.0 Å². The molecule has 0 amide bonds. The number of rotatable bonds is 2. The molecule has 2 aromatic heterocycles. The van der Waals surface area contributed by atoms with Crippen molar-refractivity contribution in [3.63, 3.8) is 0 Å². The number of imidazole rings is 1. The van der Waals surface area contributed by atoms with Crippen molar-refractivity contribution in [3.05, 3.63) is 42.5 Å². The Labute approximate surface area is 105 Å². The highest BCUT2D eigenvalue weighted by molar-refractivity contribution is 5.77. The lowest BCUT2D eigenvalue weighted by Gasteiger charge is -2.09. The maximum atomic E-state index is 4.53. The Bertz CT molecular complexity index is 671. The number of aromatic nitrogens is 3. The molecule has 0 radical (unpaired) electrons. The Balaban J connectivity index is 2.11. The lowest BCUT2D eigenvalue weighted by Crippen LogP contribution is -2.10. The normalized spacial score (nSPS) is 10.8. The summed E-state index contributed by atoms with van der Waals surface area (Å²) in [5.74, 6) is 1.77. The molecule has 0 spiro atoms. The van der Waals surface area contributed by atoms with E-state index in [2.05, 4.69) is 15.0 Å². The zero-order valence-corrected chi connectivity index (χ0v) is 10.4. The summed E-state index contributed by atoms with van der Waals surface area (Å²) in [5, 5.41) is 0. The third-order valence-electron chi connectivity index (χ3n) is 2.84. The van der Waals surface area contributed by atoms with Crippen LogP contribution in [0.4, 0.5) is 5.82 Å². The minimum Gasteiger partial charge on any atom is -0.363 e. The molecule has 4 heteroatoms. The highest BCUT2D eigenvalue weighted by atomic mass is 15.1. The summed E-state index contributed by atoms with van der Waals surface area (Å²) < 4.78 is 0. The summed E-state index contributed by atoms with van der Waals surface area (Å²) in [6.45, 7) is 0. The number of nitrogens with zero attached hydrogens (tertiary/aromatic N) is 3. The van der Waals surface area contributed by atoms with Crippen LogP contribution in [0.1, 0.15) is 0 Å². The van der Waals surface area contributed by atoms with E-state index in [1.807, 2.05) is 61.5 Å². The molecule has 3 aromatic rings. The quantitative estimate of drug-likeness (QED) is 0.746. The maximum absolute atomic E-state index is 4.53. The lowest BCUT2D eigenvalue weighted by molar-refractivity contribution is 1.08. The summed E-state index contributed by atoms with van der Waals surface area (Å²) in [4.78, 5) is 14.3. The Hall–Kier alpha value is -2.36. The van der Waals surface area contributed by atoms with Gasteiger partial charge in [0.2, 0.25) is 0 Å². The first-order valence-corrected chi connectivity index (χ1v) is 5.83. The molecule has 0 aliphatic rings. The molecular weight excluding hydrogens is 224 g/mol. The molecule has 0 unspecified atom stereocenters. The van der Waals surface area contributed by atoms with E-state index < -0.39 is 0 Å². The van der Waals surface area contributed by atoms with E-state index in [9.17, 15) is 0 Å². The van der Waals surface area contributed by atoms with Crippen molar-refractivity contribution in [2.24, 2.45) is 0 Å². The molecule has 0 saturated carbocycles. The second-order valence-corrected chi connectivity index (χ2v) is 4.39. The van der Waals surface area contributed by atoms with Gasteiger partial charge >= 0.3 is 0 Å². The molecule has 0 aliphatic heterocycles. The summed E-state index contributed by atoms with van der Waals surface area (Å²) >= 11 is 0. The molecule has 1 N–H and O–H groups in total. The van der Waals surface area contributed by atoms with Crippen LogP contribution in [0.2, 0.25) is 0 Å².